The van der Waals surface area contributed by atoms with Crippen LogP contribution in [0.25, 0.3) is 0 Å². The van der Waals surface area contributed by atoms with Gasteiger partial charge in [-0.2, -0.15) is 0 Å². The van der Waals surface area contributed by atoms with Gasteiger partial charge in [-0.25, -0.2) is 0 Å². The maximum Gasteiger partial charge on any atom is 0.229 e. The van der Waals surface area contributed by atoms with E-state index in [1.807, 2.05) is 0 Å². The van der Waals surface area contributed by atoms with Crippen LogP contribution in [-0.4, -0.2) is 11.9 Å². The van der Waals surface area contributed by atoms with E-state index in [2.05, 4.69) is 31.3 Å². The first-order valence-electron chi connectivity index (χ1n) is 4.63. The molecule has 0 saturated carbocycles. The Morgan fingerprint density at radius 3 is 2.50 bits per heavy atom. The van der Waals surface area contributed by atoms with Crippen molar-refractivity contribution in [2.24, 2.45) is 11.3 Å². The van der Waals surface area contributed by atoms with Crippen LogP contribution in [0.1, 0.15) is 26.7 Å². The summed E-state index contributed by atoms with van der Waals surface area (Å²) in [4.78, 5) is 11.4. The average Bonchev–Trinajstić information content (AvgIpc) is 2.49. The third-order valence-corrected chi connectivity index (χ3v) is 3.13. The summed E-state index contributed by atoms with van der Waals surface area (Å²) >= 11 is 0. The van der Waals surface area contributed by atoms with Crippen LogP contribution in [0.5, 0.6) is 0 Å². The van der Waals surface area contributed by atoms with Gasteiger partial charge in [0.15, 0.2) is 0 Å². The first kappa shape index (κ1) is 7.84. The summed E-state index contributed by atoms with van der Waals surface area (Å²) in [6.07, 6.45) is 6.16. The predicted molar refractivity (Wildman–Crippen MR) is 47.6 cm³/mol. The number of allylic oxidation sites excluding steroid dienone is 2. The fraction of sp³-hybridized carbons (Fsp3) is 0.700. The molecule has 66 valence electrons. The molecule has 0 radical (unpaired) electrons. The molecule has 1 N–H and O–H groups in total. The standard InChI is InChI=1S/C10H15NO/c1-7(2)8-10(9(12)11-8)5-3-4-6-10/h3-4,7-8H,5-6H2,1-2H3,(H,11,12). The number of hydrogen-bond acceptors (Lipinski definition) is 1. The highest BCUT2D eigenvalue weighted by molar-refractivity contribution is 5.91. The van der Waals surface area contributed by atoms with Crippen LogP contribution in [0.15, 0.2) is 12.2 Å². The van der Waals surface area contributed by atoms with Gasteiger partial charge in [-0.15, -0.1) is 0 Å². The lowest BCUT2D eigenvalue weighted by molar-refractivity contribution is -0.147. The van der Waals surface area contributed by atoms with Gasteiger partial charge in [-0.1, -0.05) is 26.0 Å². The number of hydrogen-bond donors (Lipinski definition) is 1. The first-order valence-corrected chi connectivity index (χ1v) is 4.63. The van der Waals surface area contributed by atoms with Crippen LogP contribution in [0.2, 0.25) is 0 Å². The molecule has 1 aliphatic heterocycles. The molecule has 2 heteroatoms. The molecule has 1 saturated heterocycles. The van der Waals surface area contributed by atoms with E-state index < -0.39 is 0 Å². The molecule has 1 atom stereocenters. The highest BCUT2D eigenvalue weighted by Gasteiger charge is 2.55. The van der Waals surface area contributed by atoms with Crippen LogP contribution in [0, 0.1) is 11.3 Å². The summed E-state index contributed by atoms with van der Waals surface area (Å²) in [5.74, 6) is 0.814. The molecule has 12 heavy (non-hydrogen) atoms. The number of β-lactam (4-membered cyclic amide) rings is 1. The molecule has 0 aromatic carbocycles. The minimum Gasteiger partial charge on any atom is -0.351 e. The van der Waals surface area contributed by atoms with Crippen molar-refractivity contribution in [3.8, 4) is 0 Å². The lowest BCUT2D eigenvalue weighted by Crippen LogP contribution is -2.68. The molecule has 1 amide bonds. The molecule has 0 aromatic heterocycles. The van der Waals surface area contributed by atoms with Crippen molar-refractivity contribution in [2.45, 2.75) is 32.7 Å². The van der Waals surface area contributed by atoms with Crippen molar-refractivity contribution in [3.05, 3.63) is 12.2 Å². The number of nitrogens with one attached hydrogen (secondary N) is 1. The summed E-state index contributed by atoms with van der Waals surface area (Å²) in [5.41, 5.74) is -0.0475. The second kappa shape index (κ2) is 2.35. The van der Waals surface area contributed by atoms with E-state index >= 15 is 0 Å². The Bertz CT molecular complexity index is 234. The Morgan fingerprint density at radius 1 is 1.50 bits per heavy atom. The topological polar surface area (TPSA) is 29.1 Å². The monoisotopic (exact) mass is 165 g/mol. The van der Waals surface area contributed by atoms with Gasteiger partial charge in [0.25, 0.3) is 0 Å². The van der Waals surface area contributed by atoms with E-state index in [1.165, 1.54) is 0 Å². The number of amides is 1. The number of carbonyl (C=O) groups excluding carboxylic acids is 1. The summed E-state index contributed by atoms with van der Waals surface area (Å²) in [7, 11) is 0. The minimum atomic E-state index is -0.0475. The van der Waals surface area contributed by atoms with Crippen LogP contribution < -0.4 is 5.32 Å². The molecule has 1 unspecified atom stereocenters. The fourth-order valence-corrected chi connectivity index (χ4v) is 2.40. The lowest BCUT2D eigenvalue weighted by atomic mass is 9.66. The normalized spacial score (nSPS) is 30.9. The van der Waals surface area contributed by atoms with Gasteiger partial charge in [-0.05, 0) is 18.8 Å². The molecule has 2 nitrogen and oxygen atoms in total. The van der Waals surface area contributed by atoms with Crippen LogP contribution in [0.3, 0.4) is 0 Å². The molecule has 0 bridgehead atoms. The molecule has 1 heterocycles. The molecular weight excluding hydrogens is 150 g/mol. The summed E-state index contributed by atoms with van der Waals surface area (Å²) < 4.78 is 0. The van der Waals surface area contributed by atoms with Crippen molar-refractivity contribution in [2.75, 3.05) is 0 Å². The van der Waals surface area contributed by atoms with E-state index in [0.717, 1.165) is 12.8 Å². The summed E-state index contributed by atoms with van der Waals surface area (Å²) in [5, 5.41) is 3.00. The fourth-order valence-electron chi connectivity index (χ4n) is 2.40. The third-order valence-electron chi connectivity index (χ3n) is 3.13. The number of carbonyl (C=O) groups is 1. The molecule has 1 fully saturated rings. The summed E-state index contributed by atoms with van der Waals surface area (Å²) in [6.45, 7) is 4.34. The molecular formula is C10H15NO. The predicted octanol–water partition coefficient (Wildman–Crippen LogP) is 1.48. The number of rotatable bonds is 1. The van der Waals surface area contributed by atoms with Gasteiger partial charge >= 0.3 is 0 Å². The van der Waals surface area contributed by atoms with E-state index in [9.17, 15) is 4.79 Å². The first-order chi connectivity index (χ1) is 5.67. The van der Waals surface area contributed by atoms with E-state index in [0.29, 0.717) is 12.0 Å². The van der Waals surface area contributed by atoms with Gasteiger partial charge in [-0.3, -0.25) is 4.79 Å². The van der Waals surface area contributed by atoms with Crippen molar-refractivity contribution >= 4 is 5.91 Å². The second-order valence-electron chi connectivity index (χ2n) is 4.23. The van der Waals surface area contributed by atoms with Crippen molar-refractivity contribution in [1.29, 1.82) is 0 Å². The van der Waals surface area contributed by atoms with Crippen molar-refractivity contribution in [3.63, 3.8) is 0 Å². The largest absolute Gasteiger partial charge is 0.351 e. The van der Waals surface area contributed by atoms with Crippen molar-refractivity contribution in [1.82, 2.24) is 5.32 Å². The Morgan fingerprint density at radius 2 is 2.08 bits per heavy atom. The van der Waals surface area contributed by atoms with Gasteiger partial charge in [0.05, 0.1) is 5.41 Å². The molecule has 1 spiro atoms. The Kier molecular flexibility index (Phi) is 1.53. The maximum absolute atomic E-state index is 11.4. The molecule has 0 aromatic rings. The average molecular weight is 165 g/mol. The van der Waals surface area contributed by atoms with Gasteiger partial charge in [0.2, 0.25) is 5.91 Å². The highest BCUT2D eigenvalue weighted by Crippen LogP contribution is 2.45. The van der Waals surface area contributed by atoms with Crippen LogP contribution in [0.4, 0.5) is 0 Å². The third kappa shape index (κ3) is 0.780. The smallest absolute Gasteiger partial charge is 0.229 e. The van der Waals surface area contributed by atoms with Crippen molar-refractivity contribution < 1.29 is 4.79 Å². The van der Waals surface area contributed by atoms with Gasteiger partial charge < -0.3 is 5.32 Å². The SMILES string of the molecule is CC(C)C1NC(=O)C12CC=CC2. The zero-order valence-electron chi connectivity index (χ0n) is 7.63. The molecule has 2 aliphatic rings. The van der Waals surface area contributed by atoms with E-state index in [1.54, 1.807) is 0 Å². The van der Waals surface area contributed by atoms with Gasteiger partial charge in [0, 0.05) is 6.04 Å². The molecule has 1 aliphatic carbocycles. The van der Waals surface area contributed by atoms with Crippen LogP contribution >= 0.6 is 0 Å². The zero-order chi connectivity index (χ0) is 8.77. The second-order valence-corrected chi connectivity index (χ2v) is 4.23. The zero-order valence-corrected chi connectivity index (χ0v) is 7.63. The Hall–Kier alpha value is -0.790. The Labute approximate surface area is 73.0 Å². The summed E-state index contributed by atoms with van der Waals surface area (Å²) in [6, 6.07) is 0.403. The quantitative estimate of drug-likeness (QED) is 0.463. The highest BCUT2D eigenvalue weighted by atomic mass is 16.2. The van der Waals surface area contributed by atoms with E-state index in [4.69, 9.17) is 0 Å². The lowest BCUT2D eigenvalue weighted by Gasteiger charge is -2.48. The minimum absolute atomic E-state index is 0.0475. The van der Waals surface area contributed by atoms with E-state index in [-0.39, 0.29) is 11.3 Å². The van der Waals surface area contributed by atoms with Crippen LogP contribution in [-0.2, 0) is 4.79 Å². The Balaban J connectivity index is 2.17. The van der Waals surface area contributed by atoms with Gasteiger partial charge in [0.1, 0.15) is 0 Å². The molecule has 2 rings (SSSR count). The maximum atomic E-state index is 11.4.